The maximum absolute atomic E-state index is 11.7. The quantitative estimate of drug-likeness (QED) is 0.521. The molecular weight excluding hydrogens is 346 g/mol. The van der Waals surface area contributed by atoms with Crippen LogP contribution in [0.15, 0.2) is 0 Å². The molecule has 138 valence electrons. The van der Waals surface area contributed by atoms with Gasteiger partial charge in [-0.15, -0.1) is 12.4 Å². The first-order chi connectivity index (χ1) is 9.96. The smallest absolute Gasteiger partial charge is 0.320 e. The molecule has 0 aliphatic rings. The van der Waals surface area contributed by atoms with Gasteiger partial charge in [-0.05, 0) is 34.2 Å². The maximum atomic E-state index is 11.7. The molecule has 0 aliphatic carbocycles. The lowest BCUT2D eigenvalue weighted by atomic mass is 10.3. The number of hydrogen-bond acceptors (Lipinski definition) is 5. The van der Waals surface area contributed by atoms with Crippen molar-refractivity contribution >= 4 is 34.3 Å². The second kappa shape index (κ2) is 10.8. The monoisotopic (exact) mass is 373 g/mol. The number of nitrogens with zero attached hydrogens (tertiary/aromatic N) is 2. The summed E-state index contributed by atoms with van der Waals surface area (Å²) >= 11 is 0. The number of amides is 1. The topological polar surface area (TPSA) is 107 Å². The summed E-state index contributed by atoms with van der Waals surface area (Å²) in [5.41, 5.74) is 0. The number of halogens is 1. The van der Waals surface area contributed by atoms with E-state index in [0.29, 0.717) is 19.5 Å². The molecule has 0 bridgehead atoms. The van der Waals surface area contributed by atoms with E-state index in [0.717, 1.165) is 6.26 Å². The van der Waals surface area contributed by atoms with Gasteiger partial charge in [0.1, 0.15) is 6.04 Å². The van der Waals surface area contributed by atoms with Gasteiger partial charge in [0.25, 0.3) is 0 Å². The van der Waals surface area contributed by atoms with Gasteiger partial charge < -0.3 is 10.4 Å². The molecule has 8 nitrogen and oxygen atoms in total. The van der Waals surface area contributed by atoms with Crippen LogP contribution in [0.3, 0.4) is 0 Å². The Morgan fingerprint density at radius 1 is 1.22 bits per heavy atom. The minimum absolute atomic E-state index is 0. The Labute approximate surface area is 144 Å². The van der Waals surface area contributed by atoms with Crippen molar-refractivity contribution in [2.45, 2.75) is 39.3 Å². The molecule has 1 unspecified atom stereocenters. The van der Waals surface area contributed by atoms with Crippen molar-refractivity contribution in [3.05, 3.63) is 0 Å². The predicted octanol–water partition coefficient (Wildman–Crippen LogP) is -0.0106. The standard InChI is InChI=1S/C13H27N3O5S.ClH/c1-10(2)16(22(5,20)21)8-6-7-14-12(17)9-15(4)11(3)13(18)19;/h10-11H,6-9H2,1-5H3,(H,14,17)(H,18,19);1H. The molecule has 0 rings (SSSR count). The van der Waals surface area contributed by atoms with Crippen LogP contribution in [-0.4, -0.2) is 79.6 Å². The van der Waals surface area contributed by atoms with Crippen LogP contribution in [0.1, 0.15) is 27.2 Å². The number of nitrogens with one attached hydrogen (secondary N) is 1. The minimum Gasteiger partial charge on any atom is -0.480 e. The highest BCUT2D eigenvalue weighted by Crippen LogP contribution is 2.05. The van der Waals surface area contributed by atoms with Crippen LogP contribution in [0.5, 0.6) is 0 Å². The maximum Gasteiger partial charge on any atom is 0.320 e. The van der Waals surface area contributed by atoms with Crippen LogP contribution in [-0.2, 0) is 19.6 Å². The molecule has 0 spiro atoms. The highest BCUT2D eigenvalue weighted by molar-refractivity contribution is 7.88. The molecule has 0 aromatic rings. The highest BCUT2D eigenvalue weighted by Gasteiger charge is 2.20. The Morgan fingerprint density at radius 2 is 1.74 bits per heavy atom. The van der Waals surface area contributed by atoms with Gasteiger partial charge in [-0.2, -0.15) is 4.31 Å². The number of likely N-dealkylation sites (N-methyl/N-ethyl adjacent to an activating group) is 1. The van der Waals surface area contributed by atoms with E-state index in [1.54, 1.807) is 20.9 Å². The van der Waals surface area contributed by atoms with E-state index in [2.05, 4.69) is 5.32 Å². The second-order valence-corrected chi connectivity index (χ2v) is 7.54. The van der Waals surface area contributed by atoms with Crippen LogP contribution < -0.4 is 5.32 Å². The molecule has 2 N–H and O–H groups in total. The lowest BCUT2D eigenvalue weighted by Crippen LogP contribution is -2.43. The second-order valence-electron chi connectivity index (χ2n) is 5.60. The third-order valence-electron chi connectivity index (χ3n) is 3.29. The Kier molecular flexibility index (Phi) is 11.4. The highest BCUT2D eigenvalue weighted by atomic mass is 35.5. The molecule has 10 heteroatoms. The van der Waals surface area contributed by atoms with Crippen LogP contribution in [0.4, 0.5) is 0 Å². The number of hydrogen-bond donors (Lipinski definition) is 2. The van der Waals surface area contributed by atoms with Gasteiger partial charge in [-0.1, -0.05) is 0 Å². The van der Waals surface area contributed by atoms with E-state index in [1.165, 1.54) is 16.1 Å². The normalized spacial score (nSPS) is 13.0. The van der Waals surface area contributed by atoms with Gasteiger partial charge in [-0.25, -0.2) is 8.42 Å². The van der Waals surface area contributed by atoms with Crippen molar-refractivity contribution in [2.75, 3.05) is 32.9 Å². The van der Waals surface area contributed by atoms with Gasteiger partial charge in [0, 0.05) is 19.1 Å². The molecule has 0 heterocycles. The summed E-state index contributed by atoms with van der Waals surface area (Å²) in [6.45, 7) is 5.74. The molecule has 0 saturated carbocycles. The predicted molar refractivity (Wildman–Crippen MR) is 91.3 cm³/mol. The number of carbonyl (C=O) groups excluding carboxylic acids is 1. The first kappa shape index (κ1) is 24.4. The van der Waals surface area contributed by atoms with Crippen LogP contribution in [0.25, 0.3) is 0 Å². The fourth-order valence-corrected chi connectivity index (χ4v) is 3.10. The first-order valence-electron chi connectivity index (χ1n) is 7.13. The van der Waals surface area contributed by atoms with E-state index < -0.39 is 22.0 Å². The van der Waals surface area contributed by atoms with Gasteiger partial charge in [0.05, 0.1) is 12.8 Å². The number of rotatable bonds is 10. The SMILES string of the molecule is CC(C(=O)O)N(C)CC(=O)NCCCN(C(C)C)S(C)(=O)=O.Cl. The summed E-state index contributed by atoms with van der Waals surface area (Å²) in [6, 6.07) is -0.874. The summed E-state index contributed by atoms with van der Waals surface area (Å²) in [5.74, 6) is -1.28. The third kappa shape index (κ3) is 9.75. The van der Waals surface area contributed by atoms with Crippen LogP contribution in [0, 0.1) is 0 Å². The average molecular weight is 374 g/mol. The molecule has 0 saturated heterocycles. The molecular formula is C13H28ClN3O5S. The van der Waals surface area contributed by atoms with E-state index in [9.17, 15) is 18.0 Å². The third-order valence-corrected chi connectivity index (χ3v) is 4.75. The van der Waals surface area contributed by atoms with Gasteiger partial charge >= 0.3 is 5.97 Å². The zero-order valence-electron chi connectivity index (χ0n) is 14.3. The Morgan fingerprint density at radius 3 is 2.13 bits per heavy atom. The van der Waals surface area contributed by atoms with E-state index in [1.807, 2.05) is 0 Å². The molecule has 0 radical (unpaired) electrons. The Hall–Kier alpha value is -0.900. The van der Waals surface area contributed by atoms with Crippen LogP contribution >= 0.6 is 12.4 Å². The van der Waals surface area contributed by atoms with Crippen molar-refractivity contribution in [3.63, 3.8) is 0 Å². The summed E-state index contributed by atoms with van der Waals surface area (Å²) in [6.07, 6.45) is 1.66. The summed E-state index contributed by atoms with van der Waals surface area (Å²) in [5, 5.41) is 11.5. The van der Waals surface area contributed by atoms with Crippen molar-refractivity contribution in [3.8, 4) is 0 Å². The summed E-state index contributed by atoms with van der Waals surface area (Å²) in [7, 11) is -1.70. The van der Waals surface area contributed by atoms with Crippen molar-refractivity contribution in [2.24, 2.45) is 0 Å². The number of carbonyl (C=O) groups is 2. The molecule has 1 amide bonds. The zero-order valence-corrected chi connectivity index (χ0v) is 15.9. The summed E-state index contributed by atoms with van der Waals surface area (Å²) in [4.78, 5) is 23.9. The van der Waals surface area contributed by atoms with Crippen molar-refractivity contribution in [1.82, 2.24) is 14.5 Å². The van der Waals surface area contributed by atoms with E-state index in [4.69, 9.17) is 5.11 Å². The van der Waals surface area contributed by atoms with Crippen molar-refractivity contribution in [1.29, 1.82) is 0 Å². The number of aliphatic carboxylic acids is 1. The van der Waals surface area contributed by atoms with Gasteiger partial charge in [0.2, 0.25) is 15.9 Å². The Balaban J connectivity index is 0. The van der Waals surface area contributed by atoms with Crippen LogP contribution in [0.2, 0.25) is 0 Å². The lowest BCUT2D eigenvalue weighted by Gasteiger charge is -2.24. The van der Waals surface area contributed by atoms with Gasteiger partial charge in [-0.3, -0.25) is 14.5 Å². The van der Waals surface area contributed by atoms with Crippen molar-refractivity contribution < 1.29 is 23.1 Å². The molecule has 0 fully saturated rings. The van der Waals surface area contributed by atoms with E-state index >= 15 is 0 Å². The molecule has 23 heavy (non-hydrogen) atoms. The zero-order chi connectivity index (χ0) is 17.5. The molecule has 0 aromatic carbocycles. The summed E-state index contributed by atoms with van der Waals surface area (Å²) < 4.78 is 24.5. The number of carboxylic acids is 1. The minimum atomic E-state index is -3.26. The first-order valence-corrected chi connectivity index (χ1v) is 8.98. The average Bonchev–Trinajstić information content (AvgIpc) is 2.34. The van der Waals surface area contributed by atoms with E-state index in [-0.39, 0.29) is 30.9 Å². The molecule has 0 aromatic heterocycles. The molecule has 1 atom stereocenters. The largest absolute Gasteiger partial charge is 0.480 e. The lowest BCUT2D eigenvalue weighted by molar-refractivity contribution is -0.142. The number of carboxylic acid groups (broad SMARTS) is 1. The fraction of sp³-hybridized carbons (Fsp3) is 0.846. The van der Waals surface area contributed by atoms with Gasteiger partial charge in [0.15, 0.2) is 0 Å². The molecule has 0 aliphatic heterocycles. The number of sulfonamides is 1. The fourth-order valence-electron chi connectivity index (χ4n) is 1.88. The Bertz CT molecular complexity index is 484.